The topological polar surface area (TPSA) is 55.6 Å². The highest BCUT2D eigenvalue weighted by atomic mass is 32.1. The van der Waals surface area contributed by atoms with E-state index in [2.05, 4.69) is 10.2 Å². The number of aromatic amines is 1. The Morgan fingerprint density at radius 2 is 2.00 bits per heavy atom. The lowest BCUT2D eigenvalue weighted by molar-refractivity contribution is 0.813. The molecule has 0 aliphatic heterocycles. The molecule has 2 rings (SSSR count). The minimum Gasteiger partial charge on any atom is -0.315 e. The molecule has 0 unspecified atom stereocenters. The molecule has 0 amide bonds. The van der Waals surface area contributed by atoms with Crippen LogP contribution in [0.4, 0.5) is 0 Å². The van der Waals surface area contributed by atoms with Gasteiger partial charge in [0.2, 0.25) is 0 Å². The fourth-order valence-electron chi connectivity index (χ4n) is 1.49. The highest BCUT2D eigenvalue weighted by Crippen LogP contribution is 2.11. The summed E-state index contributed by atoms with van der Waals surface area (Å²) < 4.78 is 3.77. The van der Waals surface area contributed by atoms with E-state index >= 15 is 0 Å². The van der Waals surface area contributed by atoms with Crippen LogP contribution in [0.3, 0.4) is 0 Å². The van der Waals surface area contributed by atoms with Gasteiger partial charge in [0.05, 0.1) is 5.56 Å². The number of nitrogens with zero attached hydrogens (tertiary/aromatic N) is 3. The van der Waals surface area contributed by atoms with Crippen LogP contribution in [0.2, 0.25) is 0 Å². The highest BCUT2D eigenvalue weighted by Gasteiger charge is 2.11. The van der Waals surface area contributed by atoms with Crippen molar-refractivity contribution in [2.24, 2.45) is 14.1 Å². The quantitative estimate of drug-likeness (QED) is 0.756. The molecule has 84 valence electrons. The monoisotopic (exact) mass is 236 g/mol. The van der Waals surface area contributed by atoms with Gasteiger partial charge in [-0.1, -0.05) is 0 Å². The summed E-state index contributed by atoms with van der Waals surface area (Å²) in [5.41, 5.74) is 1.38. The first-order valence-corrected chi connectivity index (χ1v) is 5.21. The Bertz CT molecular complexity index is 650. The summed E-state index contributed by atoms with van der Waals surface area (Å²) in [5, 5.41) is 6.71. The normalized spacial score (nSPS) is 10.7. The molecule has 1 N–H and O–H groups in total. The molecule has 0 aliphatic rings. The Morgan fingerprint density at radius 3 is 2.56 bits per heavy atom. The van der Waals surface area contributed by atoms with Crippen LogP contribution in [0.1, 0.15) is 5.69 Å². The smallest absolute Gasteiger partial charge is 0.261 e. The van der Waals surface area contributed by atoms with Gasteiger partial charge in [0.15, 0.2) is 10.6 Å². The molecule has 2 aromatic heterocycles. The summed E-state index contributed by atoms with van der Waals surface area (Å²) in [4.78, 5) is 12.0. The van der Waals surface area contributed by atoms with E-state index in [0.29, 0.717) is 16.2 Å². The van der Waals surface area contributed by atoms with Crippen LogP contribution in [-0.4, -0.2) is 19.3 Å². The van der Waals surface area contributed by atoms with Crippen molar-refractivity contribution in [3.8, 4) is 11.4 Å². The molecule has 0 saturated carbocycles. The zero-order valence-electron chi connectivity index (χ0n) is 9.31. The van der Waals surface area contributed by atoms with Crippen LogP contribution in [0, 0.1) is 11.7 Å². The van der Waals surface area contributed by atoms with Crippen LogP contribution in [0.15, 0.2) is 16.9 Å². The van der Waals surface area contributed by atoms with Gasteiger partial charge in [-0.3, -0.25) is 9.89 Å². The molecule has 5 nitrogen and oxygen atoms in total. The molecule has 0 fully saturated rings. The first-order valence-electron chi connectivity index (χ1n) is 4.80. The molecule has 2 aromatic rings. The van der Waals surface area contributed by atoms with E-state index < -0.39 is 0 Å². The van der Waals surface area contributed by atoms with Gasteiger partial charge >= 0.3 is 0 Å². The van der Waals surface area contributed by atoms with Crippen molar-refractivity contribution in [1.29, 1.82) is 0 Å². The summed E-state index contributed by atoms with van der Waals surface area (Å²) >= 11 is 5.01. The maximum Gasteiger partial charge on any atom is 0.261 e. The van der Waals surface area contributed by atoms with Crippen LogP contribution < -0.4 is 5.56 Å². The largest absolute Gasteiger partial charge is 0.315 e. The van der Waals surface area contributed by atoms with Crippen LogP contribution in [-0.2, 0) is 14.1 Å². The van der Waals surface area contributed by atoms with E-state index in [1.807, 2.05) is 13.0 Å². The van der Waals surface area contributed by atoms with Gasteiger partial charge in [-0.05, 0) is 31.3 Å². The van der Waals surface area contributed by atoms with E-state index in [1.165, 1.54) is 0 Å². The van der Waals surface area contributed by atoms with Crippen molar-refractivity contribution in [1.82, 2.24) is 19.3 Å². The summed E-state index contributed by atoms with van der Waals surface area (Å²) in [5.74, 6) is 0.561. The Hall–Kier alpha value is -1.69. The van der Waals surface area contributed by atoms with E-state index in [9.17, 15) is 4.79 Å². The van der Waals surface area contributed by atoms with Gasteiger partial charge in [-0.2, -0.15) is 5.10 Å². The van der Waals surface area contributed by atoms with Crippen LogP contribution in [0.25, 0.3) is 11.4 Å². The third kappa shape index (κ3) is 1.51. The molecule has 0 saturated heterocycles. The summed E-state index contributed by atoms with van der Waals surface area (Å²) in [6.07, 6.45) is 0. The standard InChI is InChI=1S/C10H12N4OS/c1-6-4-5-7(9(15)13(6)2)8-11-12-10(16)14(8)3/h4-5H,1-3H3,(H,12,16). The zero-order valence-corrected chi connectivity index (χ0v) is 10.1. The van der Waals surface area contributed by atoms with Crippen molar-refractivity contribution in [2.75, 3.05) is 0 Å². The number of pyridine rings is 1. The van der Waals surface area contributed by atoms with E-state index in [0.717, 1.165) is 5.69 Å². The van der Waals surface area contributed by atoms with E-state index in [-0.39, 0.29) is 5.56 Å². The maximum atomic E-state index is 12.0. The van der Waals surface area contributed by atoms with Gasteiger partial charge in [0.1, 0.15) is 0 Å². The lowest BCUT2D eigenvalue weighted by Crippen LogP contribution is -2.21. The molecule has 0 bridgehead atoms. The first kappa shape index (κ1) is 10.8. The Kier molecular flexibility index (Phi) is 2.51. The lowest BCUT2D eigenvalue weighted by Gasteiger charge is -2.05. The zero-order chi connectivity index (χ0) is 11.9. The Labute approximate surface area is 97.4 Å². The van der Waals surface area contributed by atoms with Crippen LogP contribution >= 0.6 is 12.2 Å². The molecular weight excluding hydrogens is 224 g/mol. The maximum absolute atomic E-state index is 12.0. The predicted molar refractivity (Wildman–Crippen MR) is 63.8 cm³/mol. The third-order valence-electron chi connectivity index (χ3n) is 2.68. The highest BCUT2D eigenvalue weighted by molar-refractivity contribution is 7.71. The van der Waals surface area contributed by atoms with Gasteiger partial charge < -0.3 is 9.13 Å². The molecule has 2 heterocycles. The number of rotatable bonds is 1. The number of H-pyrrole nitrogens is 1. The van der Waals surface area contributed by atoms with E-state index in [4.69, 9.17) is 12.2 Å². The van der Waals surface area contributed by atoms with Gasteiger partial charge in [0, 0.05) is 19.8 Å². The SMILES string of the molecule is Cc1ccc(-c2n[nH]c(=S)n2C)c(=O)n1C. The Balaban J connectivity index is 2.76. The number of hydrogen-bond donors (Lipinski definition) is 1. The van der Waals surface area contributed by atoms with Gasteiger partial charge in [-0.25, -0.2) is 0 Å². The molecule has 16 heavy (non-hydrogen) atoms. The minimum absolute atomic E-state index is 0.0721. The molecule has 0 radical (unpaired) electrons. The molecule has 0 aromatic carbocycles. The number of nitrogens with one attached hydrogen (secondary N) is 1. The second-order valence-electron chi connectivity index (χ2n) is 3.66. The summed E-state index contributed by atoms with van der Waals surface area (Å²) in [6.45, 7) is 1.88. The average Bonchev–Trinajstić information content (AvgIpc) is 2.58. The number of hydrogen-bond acceptors (Lipinski definition) is 3. The predicted octanol–water partition coefficient (Wildman–Crippen LogP) is 1.15. The van der Waals surface area contributed by atoms with Crippen molar-refractivity contribution in [3.63, 3.8) is 0 Å². The molecule has 6 heteroatoms. The minimum atomic E-state index is -0.0721. The molecule has 0 spiro atoms. The fourth-order valence-corrected chi connectivity index (χ4v) is 1.62. The first-order chi connectivity index (χ1) is 7.52. The van der Waals surface area contributed by atoms with E-state index in [1.54, 1.807) is 29.3 Å². The van der Waals surface area contributed by atoms with Crippen LogP contribution in [0.5, 0.6) is 0 Å². The fraction of sp³-hybridized carbons (Fsp3) is 0.300. The van der Waals surface area contributed by atoms with Crippen molar-refractivity contribution < 1.29 is 0 Å². The number of aromatic nitrogens is 4. The molecule has 0 aliphatic carbocycles. The molecule has 0 atom stereocenters. The third-order valence-corrected chi connectivity index (χ3v) is 3.04. The summed E-state index contributed by atoms with van der Waals surface area (Å²) in [6, 6.07) is 3.65. The van der Waals surface area contributed by atoms with Crippen molar-refractivity contribution in [2.45, 2.75) is 6.92 Å². The Morgan fingerprint density at radius 1 is 1.31 bits per heavy atom. The lowest BCUT2D eigenvalue weighted by atomic mass is 10.2. The number of aryl methyl sites for hydroxylation is 1. The van der Waals surface area contributed by atoms with Crippen molar-refractivity contribution in [3.05, 3.63) is 33.0 Å². The van der Waals surface area contributed by atoms with Gasteiger partial charge in [0.25, 0.3) is 5.56 Å². The van der Waals surface area contributed by atoms with Crippen molar-refractivity contribution >= 4 is 12.2 Å². The average molecular weight is 236 g/mol. The van der Waals surface area contributed by atoms with Gasteiger partial charge in [-0.15, -0.1) is 0 Å². The molecular formula is C10H12N4OS. The summed E-state index contributed by atoms with van der Waals surface area (Å²) in [7, 11) is 3.52. The second kappa shape index (κ2) is 3.71. The second-order valence-corrected chi connectivity index (χ2v) is 4.05.